The van der Waals surface area contributed by atoms with Crippen molar-refractivity contribution in [1.82, 2.24) is 4.98 Å². The second-order valence-electron chi connectivity index (χ2n) is 3.73. The van der Waals surface area contributed by atoms with Crippen molar-refractivity contribution in [1.29, 1.82) is 0 Å². The van der Waals surface area contributed by atoms with E-state index in [4.69, 9.17) is 10.2 Å². The molecule has 0 aliphatic heterocycles. The number of rotatable bonds is 4. The van der Waals surface area contributed by atoms with Crippen LogP contribution in [0.1, 0.15) is 10.7 Å². The normalized spacial score (nSPS) is 11.4. The van der Waals surface area contributed by atoms with Gasteiger partial charge in [-0.1, -0.05) is 0 Å². The molecule has 0 fully saturated rings. The van der Waals surface area contributed by atoms with Crippen molar-refractivity contribution in [2.45, 2.75) is 6.36 Å². The molecule has 106 valence electrons. The third-order valence-electron chi connectivity index (χ3n) is 2.30. The van der Waals surface area contributed by atoms with Gasteiger partial charge < -0.3 is 14.9 Å². The number of alkyl halides is 3. The Morgan fingerprint density at radius 1 is 1.30 bits per heavy atom. The van der Waals surface area contributed by atoms with Crippen LogP contribution in [0.5, 0.6) is 5.75 Å². The van der Waals surface area contributed by atoms with Crippen LogP contribution in [0.4, 0.5) is 13.2 Å². The summed E-state index contributed by atoms with van der Waals surface area (Å²) in [5, 5.41) is 0. The van der Waals surface area contributed by atoms with E-state index in [1.54, 1.807) is 0 Å². The minimum atomic E-state index is -4.74. The summed E-state index contributed by atoms with van der Waals surface area (Å²) in [6, 6.07) is 4.99. The smallest absolute Gasteiger partial charge is 0.434 e. The van der Waals surface area contributed by atoms with Gasteiger partial charge in [0.2, 0.25) is 5.78 Å². The van der Waals surface area contributed by atoms with E-state index < -0.39 is 12.1 Å². The molecule has 0 bridgehead atoms. The largest absolute Gasteiger partial charge is 0.573 e. The first kappa shape index (κ1) is 14.1. The summed E-state index contributed by atoms with van der Waals surface area (Å²) in [5.41, 5.74) is 5.62. The van der Waals surface area contributed by atoms with Crippen molar-refractivity contribution in [3.05, 3.63) is 36.4 Å². The number of carbonyl (C=O) groups excluding carboxylic acids is 1. The number of carbonyl (C=O) groups is 1. The molecule has 0 saturated carbocycles. The molecule has 2 rings (SSSR count). The third-order valence-corrected chi connectivity index (χ3v) is 2.30. The zero-order chi connectivity index (χ0) is 14.8. The summed E-state index contributed by atoms with van der Waals surface area (Å²) in [7, 11) is 0. The second-order valence-corrected chi connectivity index (χ2v) is 3.73. The summed E-state index contributed by atoms with van der Waals surface area (Å²) in [6.45, 7) is -0.238. The Balaban J connectivity index is 2.18. The van der Waals surface area contributed by atoms with Crippen molar-refractivity contribution in [2.24, 2.45) is 5.73 Å². The lowest BCUT2D eigenvalue weighted by Gasteiger charge is -2.08. The Bertz CT molecular complexity index is 605. The number of nitrogens with zero attached hydrogens (tertiary/aromatic N) is 1. The van der Waals surface area contributed by atoms with E-state index in [1.807, 2.05) is 0 Å². The number of halogens is 3. The maximum absolute atomic E-state index is 12.0. The SMILES string of the molecule is NCC(=O)c1ncc(-c2ccc(OC(F)(F)F)cc2)o1. The summed E-state index contributed by atoms with van der Waals surface area (Å²) in [6.07, 6.45) is -3.45. The van der Waals surface area contributed by atoms with E-state index in [0.717, 1.165) is 12.1 Å². The molecule has 0 atom stereocenters. The molecule has 0 saturated heterocycles. The molecule has 0 unspecified atom stereocenters. The van der Waals surface area contributed by atoms with Gasteiger partial charge in [-0.3, -0.25) is 4.79 Å². The van der Waals surface area contributed by atoms with Crippen LogP contribution >= 0.6 is 0 Å². The number of hydrogen-bond acceptors (Lipinski definition) is 5. The molecule has 0 spiro atoms. The zero-order valence-corrected chi connectivity index (χ0v) is 9.98. The lowest BCUT2D eigenvalue weighted by atomic mass is 10.2. The minimum absolute atomic E-state index is 0.141. The fourth-order valence-corrected chi connectivity index (χ4v) is 1.44. The standard InChI is InChI=1S/C12H9F3N2O3/c13-12(14,15)20-8-3-1-7(2-4-8)10-6-17-11(19-10)9(18)5-16/h1-4,6H,5,16H2. The number of Topliss-reactive ketones (excluding diaryl/α,β-unsaturated/α-hetero) is 1. The van der Waals surface area contributed by atoms with Crippen LogP contribution in [0.3, 0.4) is 0 Å². The Labute approximate surface area is 111 Å². The maximum Gasteiger partial charge on any atom is 0.573 e. The van der Waals surface area contributed by atoms with E-state index >= 15 is 0 Å². The van der Waals surface area contributed by atoms with Crippen molar-refractivity contribution >= 4 is 5.78 Å². The highest BCUT2D eigenvalue weighted by Gasteiger charge is 2.31. The van der Waals surface area contributed by atoms with Crippen molar-refractivity contribution in [3.8, 4) is 17.1 Å². The van der Waals surface area contributed by atoms with Gasteiger partial charge in [0.1, 0.15) is 5.75 Å². The maximum atomic E-state index is 12.0. The Kier molecular flexibility index (Phi) is 3.75. The molecule has 1 aromatic carbocycles. The average Bonchev–Trinajstić information content (AvgIpc) is 2.86. The topological polar surface area (TPSA) is 78.4 Å². The van der Waals surface area contributed by atoms with E-state index in [0.29, 0.717) is 5.56 Å². The first-order valence-corrected chi connectivity index (χ1v) is 5.44. The monoisotopic (exact) mass is 286 g/mol. The van der Waals surface area contributed by atoms with Gasteiger partial charge in [0.25, 0.3) is 5.89 Å². The van der Waals surface area contributed by atoms with Gasteiger partial charge in [0, 0.05) is 5.56 Å². The lowest BCUT2D eigenvalue weighted by Crippen LogP contribution is -2.16. The number of nitrogens with two attached hydrogens (primary N) is 1. The molecule has 0 aliphatic rings. The van der Waals surface area contributed by atoms with E-state index in [2.05, 4.69) is 9.72 Å². The van der Waals surface area contributed by atoms with Crippen LogP contribution in [0.15, 0.2) is 34.9 Å². The number of ketones is 1. The van der Waals surface area contributed by atoms with Crippen LogP contribution in [0.25, 0.3) is 11.3 Å². The molecular formula is C12H9F3N2O3. The Morgan fingerprint density at radius 3 is 2.50 bits per heavy atom. The summed E-state index contributed by atoms with van der Waals surface area (Å²) < 4.78 is 44.9. The number of aromatic nitrogens is 1. The molecule has 0 aliphatic carbocycles. The lowest BCUT2D eigenvalue weighted by molar-refractivity contribution is -0.274. The summed E-state index contributed by atoms with van der Waals surface area (Å²) in [5.74, 6) is -0.703. The van der Waals surface area contributed by atoms with Gasteiger partial charge >= 0.3 is 6.36 Å². The third kappa shape index (κ3) is 3.35. The van der Waals surface area contributed by atoms with Crippen molar-refractivity contribution in [3.63, 3.8) is 0 Å². The predicted molar refractivity (Wildman–Crippen MR) is 62.0 cm³/mol. The molecule has 1 aromatic heterocycles. The van der Waals surface area contributed by atoms with Crippen LogP contribution in [-0.2, 0) is 0 Å². The highest BCUT2D eigenvalue weighted by Crippen LogP contribution is 2.26. The van der Waals surface area contributed by atoms with E-state index in [-0.39, 0.29) is 23.9 Å². The van der Waals surface area contributed by atoms with Gasteiger partial charge in [-0.25, -0.2) is 4.98 Å². The highest BCUT2D eigenvalue weighted by molar-refractivity contribution is 5.93. The number of hydrogen-bond donors (Lipinski definition) is 1. The predicted octanol–water partition coefficient (Wildman–Crippen LogP) is 2.38. The van der Waals surface area contributed by atoms with Gasteiger partial charge in [-0.05, 0) is 24.3 Å². The van der Waals surface area contributed by atoms with Crippen LogP contribution in [0.2, 0.25) is 0 Å². The zero-order valence-electron chi connectivity index (χ0n) is 9.98. The number of ether oxygens (including phenoxy) is 1. The fourth-order valence-electron chi connectivity index (χ4n) is 1.44. The van der Waals surface area contributed by atoms with Gasteiger partial charge in [-0.2, -0.15) is 0 Å². The Hall–Kier alpha value is -2.35. The number of benzene rings is 1. The van der Waals surface area contributed by atoms with E-state index in [1.165, 1.54) is 18.3 Å². The van der Waals surface area contributed by atoms with Crippen LogP contribution in [-0.4, -0.2) is 23.7 Å². The van der Waals surface area contributed by atoms with E-state index in [9.17, 15) is 18.0 Å². The molecular weight excluding hydrogens is 277 g/mol. The van der Waals surface area contributed by atoms with Crippen LogP contribution in [0, 0.1) is 0 Å². The first-order chi connectivity index (χ1) is 9.39. The number of oxazole rings is 1. The molecule has 2 aromatic rings. The van der Waals surface area contributed by atoms with Crippen molar-refractivity contribution in [2.75, 3.05) is 6.54 Å². The Morgan fingerprint density at radius 2 is 1.95 bits per heavy atom. The van der Waals surface area contributed by atoms with Crippen LogP contribution < -0.4 is 10.5 Å². The molecule has 5 nitrogen and oxygen atoms in total. The molecule has 20 heavy (non-hydrogen) atoms. The molecule has 2 N–H and O–H groups in total. The van der Waals surface area contributed by atoms with Crippen molar-refractivity contribution < 1.29 is 27.1 Å². The quantitative estimate of drug-likeness (QED) is 0.873. The second kappa shape index (κ2) is 5.33. The van der Waals surface area contributed by atoms with Gasteiger partial charge in [0.15, 0.2) is 5.76 Å². The minimum Gasteiger partial charge on any atom is -0.434 e. The molecule has 8 heteroatoms. The fraction of sp³-hybridized carbons (Fsp3) is 0.167. The molecule has 0 amide bonds. The van der Waals surface area contributed by atoms with Gasteiger partial charge in [0.05, 0.1) is 12.7 Å². The molecule has 0 radical (unpaired) electrons. The summed E-state index contributed by atoms with van der Waals surface area (Å²) in [4.78, 5) is 15.0. The molecule has 1 heterocycles. The first-order valence-electron chi connectivity index (χ1n) is 5.44. The highest BCUT2D eigenvalue weighted by atomic mass is 19.4. The summed E-state index contributed by atoms with van der Waals surface area (Å²) >= 11 is 0. The average molecular weight is 286 g/mol. The van der Waals surface area contributed by atoms with Gasteiger partial charge in [-0.15, -0.1) is 13.2 Å².